The molecule has 6 heteroatoms. The van der Waals surface area contributed by atoms with Gasteiger partial charge in [0.25, 0.3) is 0 Å². The van der Waals surface area contributed by atoms with Crippen LogP contribution < -0.4 is 15.5 Å². The predicted molar refractivity (Wildman–Crippen MR) is 111 cm³/mol. The smallest absolute Gasteiger partial charge is 0.228 e. The van der Waals surface area contributed by atoms with Crippen molar-refractivity contribution in [2.75, 3.05) is 29.6 Å². The first kappa shape index (κ1) is 19.2. The lowest BCUT2D eigenvalue weighted by molar-refractivity contribution is -0.122. The molecule has 0 spiro atoms. The molecule has 0 aromatic heterocycles. The molecule has 0 radical (unpaired) electrons. The van der Waals surface area contributed by atoms with Gasteiger partial charge in [-0.1, -0.05) is 17.7 Å². The van der Waals surface area contributed by atoms with Gasteiger partial charge in [0.2, 0.25) is 11.8 Å². The molecule has 2 amide bonds. The number of nitrogens with one attached hydrogen (secondary N) is 2. The van der Waals surface area contributed by atoms with Crippen LogP contribution in [0.25, 0.3) is 0 Å². The Kier molecular flexibility index (Phi) is 5.42. The van der Waals surface area contributed by atoms with Gasteiger partial charge < -0.3 is 15.5 Å². The van der Waals surface area contributed by atoms with Crippen molar-refractivity contribution in [2.24, 2.45) is 11.8 Å². The maximum Gasteiger partial charge on any atom is 0.228 e. The largest absolute Gasteiger partial charge is 0.378 e. The third-order valence-electron chi connectivity index (χ3n) is 4.80. The molecule has 2 aromatic rings. The summed E-state index contributed by atoms with van der Waals surface area (Å²) in [4.78, 5) is 26.9. The minimum atomic E-state index is -0.317. The molecule has 0 aliphatic heterocycles. The molecular formula is C21H24ClN3O2. The van der Waals surface area contributed by atoms with Crippen LogP contribution in [0.2, 0.25) is 5.02 Å². The van der Waals surface area contributed by atoms with Crippen molar-refractivity contribution in [3.8, 4) is 0 Å². The quantitative estimate of drug-likeness (QED) is 0.809. The van der Waals surface area contributed by atoms with Gasteiger partial charge in [-0.15, -0.1) is 0 Å². The van der Waals surface area contributed by atoms with Gasteiger partial charge in [-0.2, -0.15) is 0 Å². The number of hydrogen-bond acceptors (Lipinski definition) is 3. The lowest BCUT2D eigenvalue weighted by atomic mass is 10.1. The van der Waals surface area contributed by atoms with Crippen LogP contribution in [0.4, 0.5) is 17.1 Å². The molecule has 0 bridgehead atoms. The second-order valence-electron chi connectivity index (χ2n) is 7.31. The van der Waals surface area contributed by atoms with Gasteiger partial charge in [-0.05, 0) is 61.7 Å². The van der Waals surface area contributed by atoms with Crippen LogP contribution in [-0.4, -0.2) is 25.9 Å². The third-order valence-corrected chi connectivity index (χ3v) is 5.09. The highest BCUT2D eigenvalue weighted by molar-refractivity contribution is 6.34. The lowest BCUT2D eigenvalue weighted by Crippen LogP contribution is -2.21. The van der Waals surface area contributed by atoms with E-state index in [1.165, 1.54) is 0 Å². The average molecular weight is 386 g/mol. The number of amides is 2. The molecule has 142 valence electrons. The van der Waals surface area contributed by atoms with Crippen LogP contribution in [0.3, 0.4) is 0 Å². The Morgan fingerprint density at radius 2 is 1.59 bits per heavy atom. The molecule has 2 N–H and O–H groups in total. The zero-order valence-corrected chi connectivity index (χ0v) is 16.7. The Bertz CT molecular complexity index is 854. The van der Waals surface area contributed by atoms with E-state index in [4.69, 9.17) is 11.6 Å². The summed E-state index contributed by atoms with van der Waals surface area (Å²) in [5.74, 6) is -0.905. The zero-order valence-electron chi connectivity index (χ0n) is 16.0. The van der Waals surface area contributed by atoms with Crippen LogP contribution in [0.15, 0.2) is 36.4 Å². The van der Waals surface area contributed by atoms with Crippen LogP contribution >= 0.6 is 11.6 Å². The van der Waals surface area contributed by atoms with Crippen LogP contribution in [0.1, 0.15) is 17.5 Å². The third kappa shape index (κ3) is 4.42. The molecule has 2 atom stereocenters. The first-order valence-corrected chi connectivity index (χ1v) is 9.30. The van der Waals surface area contributed by atoms with Crippen molar-refractivity contribution in [1.82, 2.24) is 0 Å². The average Bonchev–Trinajstić information content (AvgIpc) is 3.39. The number of benzene rings is 2. The second-order valence-corrected chi connectivity index (χ2v) is 7.71. The molecule has 0 saturated heterocycles. The SMILES string of the molecule is Cc1cc(C)c(NC(=O)C2CC2C(=O)Nc2ccc(N(C)C)cc2)c(Cl)c1. The van der Waals surface area contributed by atoms with Crippen LogP contribution in [0.5, 0.6) is 0 Å². The van der Waals surface area contributed by atoms with Gasteiger partial charge in [0, 0.05) is 25.5 Å². The fourth-order valence-electron chi connectivity index (χ4n) is 3.14. The van der Waals surface area contributed by atoms with Crippen LogP contribution in [-0.2, 0) is 9.59 Å². The molecule has 2 unspecified atom stereocenters. The first-order valence-electron chi connectivity index (χ1n) is 8.92. The highest BCUT2D eigenvalue weighted by Gasteiger charge is 2.48. The second kappa shape index (κ2) is 7.61. The molecular weight excluding hydrogens is 362 g/mol. The fourth-order valence-corrected chi connectivity index (χ4v) is 3.51. The summed E-state index contributed by atoms with van der Waals surface area (Å²) in [5, 5.41) is 6.28. The van der Waals surface area contributed by atoms with Crippen molar-refractivity contribution in [2.45, 2.75) is 20.3 Å². The Morgan fingerprint density at radius 3 is 2.15 bits per heavy atom. The first-order chi connectivity index (χ1) is 12.8. The molecule has 5 nitrogen and oxygen atoms in total. The fraction of sp³-hybridized carbons (Fsp3) is 0.333. The summed E-state index contributed by atoms with van der Waals surface area (Å²) in [7, 11) is 3.92. The molecule has 2 aromatic carbocycles. The Labute approximate surface area is 164 Å². The maximum atomic E-state index is 12.5. The van der Waals surface area contributed by atoms with Crippen molar-refractivity contribution in [3.63, 3.8) is 0 Å². The number of carbonyl (C=O) groups is 2. The van der Waals surface area contributed by atoms with Gasteiger partial charge in [0.1, 0.15) is 0 Å². The van der Waals surface area contributed by atoms with E-state index in [1.54, 1.807) is 0 Å². The van der Waals surface area contributed by atoms with E-state index in [9.17, 15) is 9.59 Å². The van der Waals surface area contributed by atoms with Gasteiger partial charge in [0.05, 0.1) is 22.5 Å². The topological polar surface area (TPSA) is 61.4 Å². The summed E-state index contributed by atoms with van der Waals surface area (Å²) in [5.41, 5.74) is 4.36. The Hall–Kier alpha value is -2.53. The van der Waals surface area contributed by atoms with E-state index in [-0.39, 0.29) is 23.7 Å². The van der Waals surface area contributed by atoms with E-state index >= 15 is 0 Å². The summed E-state index contributed by atoms with van der Waals surface area (Å²) >= 11 is 6.25. The van der Waals surface area contributed by atoms with Crippen molar-refractivity contribution < 1.29 is 9.59 Å². The summed E-state index contributed by atoms with van der Waals surface area (Å²) in [6, 6.07) is 11.4. The molecule has 1 saturated carbocycles. The molecule has 1 aliphatic carbocycles. The lowest BCUT2D eigenvalue weighted by Gasteiger charge is -2.13. The monoisotopic (exact) mass is 385 g/mol. The number of anilines is 3. The molecule has 27 heavy (non-hydrogen) atoms. The molecule has 0 heterocycles. The van der Waals surface area contributed by atoms with Gasteiger partial charge in [-0.25, -0.2) is 0 Å². The number of carbonyl (C=O) groups excluding carboxylic acids is 2. The van der Waals surface area contributed by atoms with E-state index in [2.05, 4.69) is 10.6 Å². The summed E-state index contributed by atoms with van der Waals surface area (Å²) in [6.07, 6.45) is 0.552. The van der Waals surface area contributed by atoms with Gasteiger partial charge in [-0.3, -0.25) is 9.59 Å². The van der Waals surface area contributed by atoms with Gasteiger partial charge in [0.15, 0.2) is 0 Å². The number of hydrogen-bond donors (Lipinski definition) is 2. The summed E-state index contributed by atoms with van der Waals surface area (Å²) < 4.78 is 0. The number of halogens is 1. The molecule has 3 rings (SSSR count). The van der Waals surface area contributed by atoms with E-state index in [0.29, 0.717) is 17.1 Å². The Morgan fingerprint density at radius 1 is 1.00 bits per heavy atom. The van der Waals surface area contributed by atoms with E-state index < -0.39 is 0 Å². The highest BCUT2D eigenvalue weighted by Crippen LogP contribution is 2.41. The number of aryl methyl sites for hydroxylation is 2. The van der Waals surface area contributed by atoms with E-state index in [0.717, 1.165) is 22.5 Å². The standard InChI is InChI=1S/C21H24ClN3O2/c1-12-9-13(2)19(18(22)10-12)24-21(27)17-11-16(17)20(26)23-14-5-7-15(8-6-14)25(3)4/h5-10,16-17H,11H2,1-4H3,(H,23,26)(H,24,27). The zero-order chi connectivity index (χ0) is 19.7. The predicted octanol–water partition coefficient (Wildman–Crippen LogP) is 4.24. The highest BCUT2D eigenvalue weighted by atomic mass is 35.5. The Balaban J connectivity index is 1.58. The van der Waals surface area contributed by atoms with Gasteiger partial charge >= 0.3 is 0 Å². The summed E-state index contributed by atoms with van der Waals surface area (Å²) in [6.45, 7) is 3.86. The van der Waals surface area contributed by atoms with Crippen molar-refractivity contribution in [1.29, 1.82) is 0 Å². The van der Waals surface area contributed by atoms with Crippen LogP contribution in [0, 0.1) is 25.7 Å². The maximum absolute atomic E-state index is 12.5. The van der Waals surface area contributed by atoms with Crippen molar-refractivity contribution >= 4 is 40.5 Å². The molecule has 1 aliphatic rings. The minimum absolute atomic E-state index is 0.125. The normalized spacial score (nSPS) is 18.0. The van der Waals surface area contributed by atoms with E-state index in [1.807, 2.05) is 69.2 Å². The number of nitrogens with zero attached hydrogens (tertiary/aromatic N) is 1. The van der Waals surface area contributed by atoms with Crippen molar-refractivity contribution in [3.05, 3.63) is 52.5 Å². The number of rotatable bonds is 5. The minimum Gasteiger partial charge on any atom is -0.378 e. The molecule has 1 fully saturated rings.